The summed E-state index contributed by atoms with van der Waals surface area (Å²) in [5, 5.41) is 3.27. The predicted octanol–water partition coefficient (Wildman–Crippen LogP) is 3.67. The minimum absolute atomic E-state index is 0.127. The first-order chi connectivity index (χ1) is 7.58. The molecule has 2 unspecified atom stereocenters. The van der Waals surface area contributed by atoms with Gasteiger partial charge in [0.15, 0.2) is 0 Å². The lowest BCUT2D eigenvalue weighted by atomic mass is 9.82. The SMILES string of the molecule is CC(F)(Cc1ccc(Cl)s1)C1CCCNC1. The Bertz CT molecular complexity index is 345. The molecule has 1 aromatic heterocycles. The molecule has 1 N–H and O–H groups in total. The molecule has 1 nitrogen and oxygen atoms in total. The average molecular weight is 262 g/mol. The van der Waals surface area contributed by atoms with E-state index < -0.39 is 5.67 Å². The van der Waals surface area contributed by atoms with Crippen molar-refractivity contribution in [3.05, 3.63) is 21.3 Å². The van der Waals surface area contributed by atoms with Gasteiger partial charge in [0.1, 0.15) is 5.67 Å². The quantitative estimate of drug-likeness (QED) is 0.875. The summed E-state index contributed by atoms with van der Waals surface area (Å²) < 4.78 is 15.3. The van der Waals surface area contributed by atoms with Gasteiger partial charge in [-0.3, -0.25) is 0 Å². The molecule has 1 aliphatic heterocycles. The van der Waals surface area contributed by atoms with Crippen LogP contribution in [-0.2, 0) is 6.42 Å². The largest absolute Gasteiger partial charge is 0.316 e. The number of halogens is 2. The van der Waals surface area contributed by atoms with E-state index in [9.17, 15) is 4.39 Å². The zero-order valence-corrected chi connectivity index (χ0v) is 11.0. The van der Waals surface area contributed by atoms with Crippen molar-refractivity contribution in [1.82, 2.24) is 5.32 Å². The second-order valence-corrected chi connectivity index (χ2v) is 6.50. The Hall–Kier alpha value is -0.120. The second-order valence-electron chi connectivity index (χ2n) is 4.70. The van der Waals surface area contributed by atoms with Crippen molar-refractivity contribution in [2.75, 3.05) is 13.1 Å². The van der Waals surface area contributed by atoms with Gasteiger partial charge in [-0.2, -0.15) is 0 Å². The first-order valence-corrected chi connectivity index (χ1v) is 6.91. The number of piperidine rings is 1. The molecule has 1 aromatic rings. The predicted molar refractivity (Wildman–Crippen MR) is 68.1 cm³/mol. The van der Waals surface area contributed by atoms with Crippen molar-refractivity contribution < 1.29 is 4.39 Å². The van der Waals surface area contributed by atoms with Crippen LogP contribution in [0.2, 0.25) is 4.34 Å². The van der Waals surface area contributed by atoms with E-state index in [1.807, 2.05) is 12.1 Å². The van der Waals surface area contributed by atoms with Gasteiger partial charge in [0, 0.05) is 23.8 Å². The van der Waals surface area contributed by atoms with Gasteiger partial charge in [-0.05, 0) is 38.4 Å². The van der Waals surface area contributed by atoms with Crippen molar-refractivity contribution in [2.45, 2.75) is 31.9 Å². The van der Waals surface area contributed by atoms with E-state index in [4.69, 9.17) is 11.6 Å². The highest BCUT2D eigenvalue weighted by Crippen LogP contribution is 2.34. The molecule has 2 atom stereocenters. The van der Waals surface area contributed by atoms with Crippen LogP contribution in [0.4, 0.5) is 4.39 Å². The molecule has 0 aromatic carbocycles. The molecular formula is C12H17ClFNS. The van der Waals surface area contributed by atoms with Crippen molar-refractivity contribution >= 4 is 22.9 Å². The van der Waals surface area contributed by atoms with E-state index in [-0.39, 0.29) is 5.92 Å². The van der Waals surface area contributed by atoms with E-state index in [0.717, 1.165) is 35.1 Å². The molecule has 4 heteroatoms. The van der Waals surface area contributed by atoms with Crippen molar-refractivity contribution in [1.29, 1.82) is 0 Å². The fourth-order valence-electron chi connectivity index (χ4n) is 2.30. The van der Waals surface area contributed by atoms with Crippen LogP contribution in [0.3, 0.4) is 0 Å². The molecule has 0 spiro atoms. The molecular weight excluding hydrogens is 245 g/mol. The minimum atomic E-state index is -1.12. The molecule has 1 aliphatic rings. The summed E-state index contributed by atoms with van der Waals surface area (Å²) in [6.45, 7) is 3.54. The van der Waals surface area contributed by atoms with Crippen molar-refractivity contribution in [2.24, 2.45) is 5.92 Å². The summed E-state index contributed by atoms with van der Waals surface area (Å²) in [5.41, 5.74) is -1.12. The third-order valence-electron chi connectivity index (χ3n) is 3.30. The Morgan fingerprint density at radius 2 is 2.44 bits per heavy atom. The Labute approximate surface area is 105 Å². The van der Waals surface area contributed by atoms with Gasteiger partial charge in [-0.15, -0.1) is 11.3 Å². The van der Waals surface area contributed by atoms with E-state index >= 15 is 0 Å². The lowest BCUT2D eigenvalue weighted by Crippen LogP contribution is -2.42. The number of nitrogens with one attached hydrogen (secondary N) is 1. The van der Waals surface area contributed by atoms with Gasteiger partial charge in [0.05, 0.1) is 4.34 Å². The van der Waals surface area contributed by atoms with Crippen LogP contribution < -0.4 is 5.32 Å². The van der Waals surface area contributed by atoms with Crippen molar-refractivity contribution in [3.8, 4) is 0 Å². The molecule has 0 radical (unpaired) electrons. The number of hydrogen-bond acceptors (Lipinski definition) is 2. The van der Waals surface area contributed by atoms with Crippen LogP contribution >= 0.6 is 22.9 Å². The fourth-order valence-corrected chi connectivity index (χ4v) is 3.53. The van der Waals surface area contributed by atoms with Gasteiger partial charge >= 0.3 is 0 Å². The van der Waals surface area contributed by atoms with Crippen LogP contribution in [0.15, 0.2) is 12.1 Å². The highest BCUT2D eigenvalue weighted by Gasteiger charge is 2.35. The first kappa shape index (κ1) is 12.3. The first-order valence-electron chi connectivity index (χ1n) is 5.72. The third-order valence-corrected chi connectivity index (χ3v) is 4.53. The average Bonchev–Trinajstić information content (AvgIpc) is 2.64. The second kappa shape index (κ2) is 5.03. The molecule has 1 fully saturated rings. The van der Waals surface area contributed by atoms with Gasteiger partial charge in [0.25, 0.3) is 0 Å². The fraction of sp³-hybridized carbons (Fsp3) is 0.667. The maximum Gasteiger partial charge on any atom is 0.117 e. The molecule has 0 aliphatic carbocycles. The maximum absolute atomic E-state index is 14.6. The maximum atomic E-state index is 14.6. The summed E-state index contributed by atoms with van der Waals surface area (Å²) in [6, 6.07) is 3.78. The van der Waals surface area contributed by atoms with Crippen LogP contribution in [0.5, 0.6) is 0 Å². The minimum Gasteiger partial charge on any atom is -0.316 e. The Morgan fingerprint density at radius 3 is 3.00 bits per heavy atom. The molecule has 0 saturated carbocycles. The lowest BCUT2D eigenvalue weighted by molar-refractivity contribution is 0.0842. The van der Waals surface area contributed by atoms with Gasteiger partial charge in [-0.1, -0.05) is 11.6 Å². The van der Waals surface area contributed by atoms with Gasteiger partial charge in [-0.25, -0.2) is 4.39 Å². The van der Waals surface area contributed by atoms with Crippen LogP contribution in [-0.4, -0.2) is 18.8 Å². The smallest absolute Gasteiger partial charge is 0.117 e. The number of rotatable bonds is 3. The van der Waals surface area contributed by atoms with Gasteiger partial charge in [0.2, 0.25) is 0 Å². The van der Waals surface area contributed by atoms with Crippen LogP contribution in [0.25, 0.3) is 0 Å². The highest BCUT2D eigenvalue weighted by molar-refractivity contribution is 7.16. The third kappa shape index (κ3) is 2.96. The zero-order chi connectivity index (χ0) is 11.6. The monoisotopic (exact) mass is 261 g/mol. The number of hydrogen-bond donors (Lipinski definition) is 1. The topological polar surface area (TPSA) is 12.0 Å². The van der Waals surface area contributed by atoms with E-state index in [2.05, 4.69) is 5.32 Å². The number of alkyl halides is 1. The molecule has 2 heterocycles. The van der Waals surface area contributed by atoms with E-state index in [0.29, 0.717) is 6.42 Å². The summed E-state index contributed by atoms with van der Waals surface area (Å²) in [4.78, 5) is 1.04. The number of thiophene rings is 1. The van der Waals surface area contributed by atoms with Crippen LogP contribution in [0.1, 0.15) is 24.6 Å². The summed E-state index contributed by atoms with van der Waals surface area (Å²) >= 11 is 7.34. The highest BCUT2D eigenvalue weighted by atomic mass is 35.5. The molecule has 0 amide bonds. The van der Waals surface area contributed by atoms with Gasteiger partial charge < -0.3 is 5.32 Å². The summed E-state index contributed by atoms with van der Waals surface area (Å²) in [7, 11) is 0. The molecule has 90 valence electrons. The van der Waals surface area contributed by atoms with Crippen molar-refractivity contribution in [3.63, 3.8) is 0 Å². The molecule has 16 heavy (non-hydrogen) atoms. The van der Waals surface area contributed by atoms with E-state index in [1.54, 1.807) is 6.92 Å². The normalized spacial score (nSPS) is 25.3. The van der Waals surface area contributed by atoms with E-state index in [1.165, 1.54) is 11.3 Å². The lowest BCUT2D eigenvalue weighted by Gasteiger charge is -2.33. The Morgan fingerprint density at radius 1 is 1.62 bits per heavy atom. The molecule has 1 saturated heterocycles. The molecule has 0 bridgehead atoms. The summed E-state index contributed by atoms with van der Waals surface area (Å²) in [5.74, 6) is 0.127. The Kier molecular flexibility index (Phi) is 3.88. The Balaban J connectivity index is 2.00. The zero-order valence-electron chi connectivity index (χ0n) is 9.43. The molecule has 2 rings (SSSR count). The van der Waals surface area contributed by atoms with Crippen LogP contribution in [0, 0.1) is 5.92 Å². The standard InChI is InChI=1S/C12H17ClFNS/c1-12(14,9-3-2-6-15-8-9)7-10-4-5-11(13)16-10/h4-5,9,15H,2-3,6-8H2,1H3. The summed E-state index contributed by atoms with van der Waals surface area (Å²) in [6.07, 6.45) is 2.55.